The van der Waals surface area contributed by atoms with Crippen LogP contribution in [-0.4, -0.2) is 26.7 Å². The van der Waals surface area contributed by atoms with E-state index in [4.69, 9.17) is 18.9 Å². The smallest absolute Gasteiger partial charge is 0.255 e. The average Bonchev–Trinajstić information content (AvgIpc) is 2.75. The van der Waals surface area contributed by atoms with Crippen molar-refractivity contribution in [1.82, 2.24) is 0 Å². The zero-order valence-electron chi connectivity index (χ0n) is 16.9. The molecular weight excluding hydrogens is 450 g/mol. The highest BCUT2D eigenvalue weighted by molar-refractivity contribution is 9.10. The summed E-state index contributed by atoms with van der Waals surface area (Å²) in [6.45, 7) is 2.33. The summed E-state index contributed by atoms with van der Waals surface area (Å²) in [6.07, 6.45) is 0. The Labute approximate surface area is 183 Å². The first-order valence-corrected chi connectivity index (χ1v) is 10.1. The molecule has 3 aromatic rings. The van der Waals surface area contributed by atoms with Crippen molar-refractivity contribution in [2.75, 3.05) is 26.1 Å². The Morgan fingerprint density at radius 3 is 2.27 bits per heavy atom. The standard InChI is InChI=1S/C23H22BrNO5/c1-4-29-21-14-15(13-18(24)22(21)28-3)23(26)25-16-9-11-17(12-10-16)30-20-8-6-5-7-19(20)27-2/h5-14H,4H2,1-3H3,(H,25,26). The van der Waals surface area contributed by atoms with Gasteiger partial charge >= 0.3 is 0 Å². The largest absolute Gasteiger partial charge is 0.493 e. The van der Waals surface area contributed by atoms with Gasteiger partial charge in [0.1, 0.15) is 5.75 Å². The van der Waals surface area contributed by atoms with Gasteiger partial charge < -0.3 is 24.3 Å². The fourth-order valence-electron chi connectivity index (χ4n) is 2.80. The lowest BCUT2D eigenvalue weighted by atomic mass is 10.1. The van der Waals surface area contributed by atoms with Crippen molar-refractivity contribution in [2.24, 2.45) is 0 Å². The Balaban J connectivity index is 1.73. The molecule has 3 aromatic carbocycles. The second kappa shape index (κ2) is 10.0. The SMILES string of the molecule is CCOc1cc(C(=O)Nc2ccc(Oc3ccccc3OC)cc2)cc(Br)c1OC. The number of hydrogen-bond acceptors (Lipinski definition) is 5. The van der Waals surface area contributed by atoms with E-state index in [9.17, 15) is 4.79 Å². The fraction of sp³-hybridized carbons (Fsp3) is 0.174. The third-order valence-electron chi connectivity index (χ3n) is 4.18. The van der Waals surface area contributed by atoms with Gasteiger partial charge in [0.2, 0.25) is 0 Å². The van der Waals surface area contributed by atoms with Crippen LogP contribution in [0.15, 0.2) is 65.1 Å². The van der Waals surface area contributed by atoms with Crippen molar-refractivity contribution < 1.29 is 23.7 Å². The molecule has 30 heavy (non-hydrogen) atoms. The van der Waals surface area contributed by atoms with Crippen LogP contribution in [0.2, 0.25) is 0 Å². The minimum Gasteiger partial charge on any atom is -0.493 e. The van der Waals surface area contributed by atoms with Gasteiger partial charge in [-0.15, -0.1) is 0 Å². The van der Waals surface area contributed by atoms with Crippen molar-refractivity contribution in [3.05, 3.63) is 70.7 Å². The van der Waals surface area contributed by atoms with Crippen LogP contribution < -0.4 is 24.3 Å². The summed E-state index contributed by atoms with van der Waals surface area (Å²) in [5.74, 6) is 2.67. The minimum absolute atomic E-state index is 0.266. The number of anilines is 1. The molecule has 7 heteroatoms. The van der Waals surface area contributed by atoms with E-state index in [0.717, 1.165) is 0 Å². The third kappa shape index (κ3) is 5.04. The van der Waals surface area contributed by atoms with Crippen LogP contribution in [0.4, 0.5) is 5.69 Å². The maximum Gasteiger partial charge on any atom is 0.255 e. The molecule has 0 aliphatic heterocycles. The molecule has 6 nitrogen and oxygen atoms in total. The topological polar surface area (TPSA) is 66.0 Å². The van der Waals surface area contributed by atoms with E-state index in [2.05, 4.69) is 21.2 Å². The summed E-state index contributed by atoms with van der Waals surface area (Å²) in [5.41, 5.74) is 1.08. The van der Waals surface area contributed by atoms with E-state index >= 15 is 0 Å². The molecule has 0 heterocycles. The number of benzene rings is 3. The van der Waals surface area contributed by atoms with Gasteiger partial charge in [0, 0.05) is 11.3 Å². The van der Waals surface area contributed by atoms with Crippen LogP contribution in [0.5, 0.6) is 28.7 Å². The van der Waals surface area contributed by atoms with E-state index in [1.165, 1.54) is 0 Å². The van der Waals surface area contributed by atoms with Crippen LogP contribution in [-0.2, 0) is 0 Å². The van der Waals surface area contributed by atoms with Gasteiger partial charge in [0.25, 0.3) is 5.91 Å². The summed E-state index contributed by atoms with van der Waals surface area (Å²) >= 11 is 3.42. The Hall–Kier alpha value is -3.19. The molecule has 1 amide bonds. The fourth-order valence-corrected chi connectivity index (χ4v) is 3.40. The summed E-state index contributed by atoms with van der Waals surface area (Å²) in [5, 5.41) is 2.87. The first kappa shape index (κ1) is 21.5. The van der Waals surface area contributed by atoms with E-state index in [1.54, 1.807) is 50.6 Å². The van der Waals surface area contributed by atoms with Crippen molar-refractivity contribution in [1.29, 1.82) is 0 Å². The molecular formula is C23H22BrNO5. The molecule has 0 aliphatic rings. The quantitative estimate of drug-likeness (QED) is 0.442. The molecule has 0 unspecified atom stereocenters. The maximum atomic E-state index is 12.7. The van der Waals surface area contributed by atoms with Gasteiger partial charge in [-0.25, -0.2) is 0 Å². The average molecular weight is 472 g/mol. The predicted molar refractivity (Wildman–Crippen MR) is 119 cm³/mol. The molecule has 0 aromatic heterocycles. The number of carbonyl (C=O) groups excluding carboxylic acids is 1. The minimum atomic E-state index is -0.266. The molecule has 0 saturated heterocycles. The van der Waals surface area contributed by atoms with Crippen LogP contribution in [0.1, 0.15) is 17.3 Å². The van der Waals surface area contributed by atoms with Gasteiger partial charge in [0.05, 0.1) is 25.3 Å². The Kier molecular flexibility index (Phi) is 7.19. The first-order valence-electron chi connectivity index (χ1n) is 9.28. The molecule has 0 bridgehead atoms. The number of rotatable bonds is 8. The van der Waals surface area contributed by atoms with Gasteiger partial charge in [-0.3, -0.25) is 4.79 Å². The number of carbonyl (C=O) groups is 1. The van der Waals surface area contributed by atoms with Crippen molar-refractivity contribution in [3.8, 4) is 28.7 Å². The molecule has 0 radical (unpaired) electrons. The molecule has 0 atom stereocenters. The zero-order valence-corrected chi connectivity index (χ0v) is 18.5. The van der Waals surface area contributed by atoms with Crippen molar-refractivity contribution in [3.63, 3.8) is 0 Å². The highest BCUT2D eigenvalue weighted by Gasteiger charge is 2.15. The van der Waals surface area contributed by atoms with E-state index in [0.29, 0.717) is 51.1 Å². The number of amides is 1. The number of ether oxygens (including phenoxy) is 4. The summed E-state index contributed by atoms with van der Waals surface area (Å²) in [4.78, 5) is 12.7. The number of halogens is 1. The van der Waals surface area contributed by atoms with Gasteiger partial charge in [-0.2, -0.15) is 0 Å². The second-order valence-corrected chi connectivity index (χ2v) is 7.01. The second-order valence-electron chi connectivity index (χ2n) is 6.15. The molecule has 0 saturated carbocycles. The van der Waals surface area contributed by atoms with Gasteiger partial charge in [0.15, 0.2) is 23.0 Å². The molecule has 0 aliphatic carbocycles. The Morgan fingerprint density at radius 1 is 0.933 bits per heavy atom. The predicted octanol–water partition coefficient (Wildman–Crippen LogP) is 5.91. The van der Waals surface area contributed by atoms with Crippen LogP contribution in [0.3, 0.4) is 0 Å². The van der Waals surface area contributed by atoms with Crippen LogP contribution in [0, 0.1) is 0 Å². The molecule has 156 valence electrons. The van der Waals surface area contributed by atoms with E-state index < -0.39 is 0 Å². The zero-order chi connectivity index (χ0) is 21.5. The van der Waals surface area contributed by atoms with Crippen molar-refractivity contribution in [2.45, 2.75) is 6.92 Å². The van der Waals surface area contributed by atoms with Crippen LogP contribution in [0.25, 0.3) is 0 Å². The van der Waals surface area contributed by atoms with Gasteiger partial charge in [-0.05, 0) is 71.4 Å². The lowest BCUT2D eigenvalue weighted by Crippen LogP contribution is -2.12. The summed E-state index contributed by atoms with van der Waals surface area (Å²) < 4.78 is 22.7. The number of nitrogens with one attached hydrogen (secondary N) is 1. The van der Waals surface area contributed by atoms with E-state index in [1.807, 2.05) is 31.2 Å². The van der Waals surface area contributed by atoms with Crippen molar-refractivity contribution >= 4 is 27.5 Å². The number of methoxy groups -OCH3 is 2. The van der Waals surface area contributed by atoms with E-state index in [-0.39, 0.29) is 5.91 Å². The van der Waals surface area contributed by atoms with Crippen LogP contribution >= 0.6 is 15.9 Å². The molecule has 0 fully saturated rings. The lowest BCUT2D eigenvalue weighted by Gasteiger charge is -2.14. The third-order valence-corrected chi connectivity index (χ3v) is 4.77. The highest BCUT2D eigenvalue weighted by Crippen LogP contribution is 2.37. The summed E-state index contributed by atoms with van der Waals surface area (Å²) in [6, 6.07) is 17.8. The number of para-hydroxylation sites is 2. The maximum absolute atomic E-state index is 12.7. The highest BCUT2D eigenvalue weighted by atomic mass is 79.9. The number of hydrogen-bond donors (Lipinski definition) is 1. The Morgan fingerprint density at radius 2 is 1.63 bits per heavy atom. The normalized spacial score (nSPS) is 10.3. The summed E-state index contributed by atoms with van der Waals surface area (Å²) in [7, 11) is 3.15. The Bertz CT molecular complexity index is 1020. The van der Waals surface area contributed by atoms with Gasteiger partial charge in [-0.1, -0.05) is 12.1 Å². The first-order chi connectivity index (χ1) is 14.5. The lowest BCUT2D eigenvalue weighted by molar-refractivity contribution is 0.102. The monoisotopic (exact) mass is 471 g/mol. The molecule has 0 spiro atoms. The molecule has 3 rings (SSSR count). The molecule has 1 N–H and O–H groups in total.